The standard InChI is InChI=1S/C13H12O6.C9H8O4/c1-8(14)18-11-5-3-10(4-6-13(16)17)7-12(11)19-9(2)15;10-7-3-1-6(5-8(7)11)2-4-9(12)13/h3-7H,1-2H3,(H,16,17);1-5,10-11H,(H,12,13)/b6-4+;4-2+. The first-order valence-electron chi connectivity index (χ1n) is 8.82. The third kappa shape index (κ3) is 9.74. The minimum atomic E-state index is -1.10. The van der Waals surface area contributed by atoms with Crippen molar-refractivity contribution < 1.29 is 49.1 Å². The Kier molecular flexibility index (Phi) is 9.68. The molecule has 0 saturated carbocycles. The SMILES string of the molecule is CC(=O)Oc1ccc(/C=C/C(=O)O)cc1OC(C)=O.O=C(O)/C=C/c1ccc(O)c(O)c1. The van der Waals surface area contributed by atoms with Crippen molar-refractivity contribution >= 4 is 36.0 Å². The predicted octanol–water partition coefficient (Wildman–Crippen LogP) is 2.83. The Labute approximate surface area is 182 Å². The number of carbonyl (C=O) groups excluding carboxylic acids is 2. The van der Waals surface area contributed by atoms with E-state index >= 15 is 0 Å². The smallest absolute Gasteiger partial charge is 0.328 e. The lowest BCUT2D eigenvalue weighted by atomic mass is 10.2. The topological polar surface area (TPSA) is 168 Å². The molecule has 32 heavy (non-hydrogen) atoms. The van der Waals surface area contributed by atoms with Crippen LogP contribution in [0.2, 0.25) is 0 Å². The number of esters is 2. The summed E-state index contributed by atoms with van der Waals surface area (Å²) in [5.41, 5.74) is 1.01. The second-order valence-electron chi connectivity index (χ2n) is 5.98. The predicted molar refractivity (Wildman–Crippen MR) is 112 cm³/mol. The molecular weight excluding hydrogens is 424 g/mol. The van der Waals surface area contributed by atoms with Gasteiger partial charge in [0.1, 0.15) is 0 Å². The second kappa shape index (κ2) is 12.2. The average molecular weight is 444 g/mol. The summed E-state index contributed by atoms with van der Waals surface area (Å²) in [6.07, 6.45) is 4.54. The molecule has 0 aromatic heterocycles. The van der Waals surface area contributed by atoms with Crippen molar-refractivity contribution in [2.45, 2.75) is 13.8 Å². The first-order valence-corrected chi connectivity index (χ1v) is 8.82. The van der Waals surface area contributed by atoms with Crippen LogP contribution in [0.1, 0.15) is 25.0 Å². The van der Waals surface area contributed by atoms with E-state index in [9.17, 15) is 19.2 Å². The molecule has 0 aliphatic carbocycles. The van der Waals surface area contributed by atoms with Crippen LogP contribution in [0, 0.1) is 0 Å². The van der Waals surface area contributed by atoms with E-state index in [0.717, 1.165) is 12.2 Å². The number of carboxylic acid groups (broad SMARTS) is 2. The fourth-order valence-electron chi connectivity index (χ4n) is 2.08. The average Bonchev–Trinajstić information content (AvgIpc) is 2.68. The Hall–Kier alpha value is -4.60. The number of aromatic hydroxyl groups is 2. The molecular formula is C22H20O10. The molecule has 0 bridgehead atoms. The van der Waals surface area contributed by atoms with Crippen LogP contribution < -0.4 is 9.47 Å². The van der Waals surface area contributed by atoms with Crippen molar-refractivity contribution in [1.29, 1.82) is 0 Å². The van der Waals surface area contributed by atoms with Crippen LogP contribution in [0.3, 0.4) is 0 Å². The molecule has 10 heteroatoms. The fourth-order valence-corrected chi connectivity index (χ4v) is 2.08. The highest BCUT2D eigenvalue weighted by Crippen LogP contribution is 2.29. The Bertz CT molecular complexity index is 1070. The Morgan fingerprint density at radius 3 is 1.62 bits per heavy atom. The van der Waals surface area contributed by atoms with Crippen molar-refractivity contribution in [3.63, 3.8) is 0 Å². The molecule has 0 amide bonds. The summed E-state index contributed by atoms with van der Waals surface area (Å²) in [7, 11) is 0. The van der Waals surface area contributed by atoms with Gasteiger partial charge in [-0.1, -0.05) is 12.1 Å². The zero-order chi connectivity index (χ0) is 24.3. The number of hydrogen-bond donors (Lipinski definition) is 4. The van der Waals surface area contributed by atoms with Gasteiger partial charge < -0.3 is 29.9 Å². The Balaban J connectivity index is 0.000000343. The number of rotatable bonds is 6. The number of phenols is 2. The molecule has 0 aliphatic heterocycles. The molecule has 0 spiro atoms. The van der Waals surface area contributed by atoms with Gasteiger partial charge in [0.15, 0.2) is 23.0 Å². The molecule has 0 aliphatic rings. The minimum absolute atomic E-state index is 0.0511. The van der Waals surface area contributed by atoms with Crippen LogP contribution in [0.5, 0.6) is 23.0 Å². The molecule has 0 unspecified atom stereocenters. The van der Waals surface area contributed by atoms with Crippen molar-refractivity contribution in [1.82, 2.24) is 0 Å². The molecule has 0 heterocycles. The number of benzene rings is 2. The largest absolute Gasteiger partial charge is 0.504 e. The Morgan fingerprint density at radius 1 is 0.688 bits per heavy atom. The molecule has 168 valence electrons. The van der Waals surface area contributed by atoms with Gasteiger partial charge in [-0.2, -0.15) is 0 Å². The van der Waals surface area contributed by atoms with Gasteiger partial charge in [-0.15, -0.1) is 0 Å². The highest BCUT2D eigenvalue weighted by atomic mass is 16.6. The molecule has 4 N–H and O–H groups in total. The van der Waals surface area contributed by atoms with E-state index in [1.165, 1.54) is 62.4 Å². The zero-order valence-electron chi connectivity index (χ0n) is 17.0. The molecule has 0 radical (unpaired) electrons. The van der Waals surface area contributed by atoms with Gasteiger partial charge >= 0.3 is 23.9 Å². The number of carbonyl (C=O) groups is 4. The van der Waals surface area contributed by atoms with E-state index in [1.54, 1.807) is 0 Å². The maximum Gasteiger partial charge on any atom is 0.328 e. The molecule has 2 aromatic rings. The van der Waals surface area contributed by atoms with Crippen LogP contribution in [-0.4, -0.2) is 44.3 Å². The molecule has 10 nitrogen and oxygen atoms in total. The van der Waals surface area contributed by atoms with Gasteiger partial charge in [-0.05, 0) is 47.5 Å². The summed E-state index contributed by atoms with van der Waals surface area (Å²) in [6, 6.07) is 8.41. The van der Waals surface area contributed by atoms with Gasteiger partial charge in [0, 0.05) is 26.0 Å². The first kappa shape index (κ1) is 25.4. The number of phenolic OH excluding ortho intramolecular Hbond substituents is 2. The van der Waals surface area contributed by atoms with Gasteiger partial charge in [0.05, 0.1) is 0 Å². The first-order chi connectivity index (χ1) is 15.0. The van der Waals surface area contributed by atoms with Crippen LogP contribution in [-0.2, 0) is 19.2 Å². The molecule has 0 saturated heterocycles. The molecule has 0 atom stereocenters. The minimum Gasteiger partial charge on any atom is -0.504 e. The summed E-state index contributed by atoms with van der Waals surface area (Å²) in [6.45, 7) is 2.42. The summed E-state index contributed by atoms with van der Waals surface area (Å²) in [5, 5.41) is 34.8. The number of ether oxygens (including phenoxy) is 2. The number of aliphatic carboxylic acids is 2. The third-order valence-electron chi connectivity index (χ3n) is 3.31. The van der Waals surface area contributed by atoms with Crippen molar-refractivity contribution in [2.75, 3.05) is 0 Å². The summed E-state index contributed by atoms with van der Waals surface area (Å²) >= 11 is 0. The van der Waals surface area contributed by atoms with E-state index < -0.39 is 23.9 Å². The van der Waals surface area contributed by atoms with Crippen LogP contribution in [0.15, 0.2) is 48.6 Å². The van der Waals surface area contributed by atoms with Crippen LogP contribution >= 0.6 is 0 Å². The molecule has 0 fully saturated rings. The Morgan fingerprint density at radius 2 is 1.16 bits per heavy atom. The van der Waals surface area contributed by atoms with Crippen LogP contribution in [0.25, 0.3) is 12.2 Å². The monoisotopic (exact) mass is 444 g/mol. The van der Waals surface area contributed by atoms with Crippen LogP contribution in [0.4, 0.5) is 0 Å². The quantitative estimate of drug-likeness (QED) is 0.225. The van der Waals surface area contributed by atoms with E-state index in [1.807, 2.05) is 0 Å². The fraction of sp³-hybridized carbons (Fsp3) is 0.0909. The maximum absolute atomic E-state index is 11.0. The van der Waals surface area contributed by atoms with Gasteiger partial charge in [0.25, 0.3) is 0 Å². The van der Waals surface area contributed by atoms with Crippen molar-refractivity contribution in [2.24, 2.45) is 0 Å². The molecule has 2 aromatic carbocycles. The lowest BCUT2D eigenvalue weighted by molar-refractivity contribution is -0.134. The van der Waals surface area contributed by atoms with E-state index in [2.05, 4.69) is 0 Å². The third-order valence-corrected chi connectivity index (χ3v) is 3.31. The number of hydrogen-bond acceptors (Lipinski definition) is 8. The van der Waals surface area contributed by atoms with Gasteiger partial charge in [0.2, 0.25) is 0 Å². The lowest BCUT2D eigenvalue weighted by Gasteiger charge is -2.09. The van der Waals surface area contributed by atoms with E-state index in [0.29, 0.717) is 11.1 Å². The highest BCUT2D eigenvalue weighted by molar-refractivity contribution is 5.86. The second-order valence-corrected chi connectivity index (χ2v) is 5.98. The maximum atomic E-state index is 11.0. The lowest BCUT2D eigenvalue weighted by Crippen LogP contribution is -2.07. The van der Waals surface area contributed by atoms with E-state index in [4.69, 9.17) is 29.9 Å². The summed E-state index contributed by atoms with van der Waals surface area (Å²) in [4.78, 5) is 42.4. The number of carboxylic acids is 2. The van der Waals surface area contributed by atoms with Gasteiger partial charge in [-0.25, -0.2) is 9.59 Å². The van der Waals surface area contributed by atoms with Crippen molar-refractivity contribution in [3.05, 3.63) is 59.7 Å². The van der Waals surface area contributed by atoms with Crippen molar-refractivity contribution in [3.8, 4) is 23.0 Å². The summed E-state index contributed by atoms with van der Waals surface area (Å²) in [5.74, 6) is -3.65. The highest BCUT2D eigenvalue weighted by Gasteiger charge is 2.10. The van der Waals surface area contributed by atoms with Gasteiger partial charge in [-0.3, -0.25) is 9.59 Å². The van der Waals surface area contributed by atoms with E-state index in [-0.39, 0.29) is 23.0 Å². The zero-order valence-corrected chi connectivity index (χ0v) is 17.0. The molecule has 2 rings (SSSR count). The summed E-state index contributed by atoms with van der Waals surface area (Å²) < 4.78 is 9.77. The normalized spacial score (nSPS) is 10.3.